The van der Waals surface area contributed by atoms with Crippen LogP contribution in [-0.2, 0) is 0 Å². The van der Waals surface area contributed by atoms with Crippen LogP contribution in [0.25, 0.3) is 0 Å². The quantitative estimate of drug-likeness (QED) is 0.858. The zero-order valence-corrected chi connectivity index (χ0v) is 13.0. The standard InChI is InChI=1S/C18H27FN2/c1-2-3-4-17(14-5-7-16(19)8-6-14)20-18-13-21-11-9-15(18)10-12-21/h5-8,15,17-18,20H,2-4,9-13H2,1H3. The smallest absolute Gasteiger partial charge is 0.123 e. The summed E-state index contributed by atoms with van der Waals surface area (Å²) in [4.78, 5) is 2.58. The Morgan fingerprint density at radius 1 is 1.24 bits per heavy atom. The molecule has 3 heteroatoms. The van der Waals surface area contributed by atoms with Gasteiger partial charge in [-0.25, -0.2) is 4.39 Å². The highest BCUT2D eigenvalue weighted by atomic mass is 19.1. The molecule has 21 heavy (non-hydrogen) atoms. The summed E-state index contributed by atoms with van der Waals surface area (Å²) < 4.78 is 13.2. The zero-order chi connectivity index (χ0) is 14.7. The Hall–Kier alpha value is -0.930. The molecule has 0 amide bonds. The van der Waals surface area contributed by atoms with Gasteiger partial charge in [0, 0.05) is 18.6 Å². The summed E-state index contributed by atoms with van der Waals surface area (Å²) in [5.74, 6) is 0.690. The van der Waals surface area contributed by atoms with Gasteiger partial charge in [0.25, 0.3) is 0 Å². The maximum atomic E-state index is 13.2. The monoisotopic (exact) mass is 290 g/mol. The third-order valence-electron chi connectivity index (χ3n) is 5.19. The zero-order valence-electron chi connectivity index (χ0n) is 13.0. The van der Waals surface area contributed by atoms with Crippen molar-refractivity contribution >= 4 is 0 Å². The average molecular weight is 290 g/mol. The van der Waals surface area contributed by atoms with Gasteiger partial charge < -0.3 is 10.2 Å². The summed E-state index contributed by atoms with van der Waals surface area (Å²) in [6.45, 7) is 5.97. The van der Waals surface area contributed by atoms with Crippen LogP contribution in [0.1, 0.15) is 50.6 Å². The van der Waals surface area contributed by atoms with Gasteiger partial charge in [0.05, 0.1) is 0 Å². The van der Waals surface area contributed by atoms with E-state index < -0.39 is 0 Å². The van der Waals surface area contributed by atoms with Crippen LogP contribution in [-0.4, -0.2) is 30.6 Å². The van der Waals surface area contributed by atoms with Crippen LogP contribution in [0, 0.1) is 11.7 Å². The summed E-state index contributed by atoms with van der Waals surface area (Å²) in [5, 5.41) is 3.89. The first-order chi connectivity index (χ1) is 10.3. The number of nitrogens with zero attached hydrogens (tertiary/aromatic N) is 1. The van der Waals surface area contributed by atoms with Crippen LogP contribution >= 0.6 is 0 Å². The van der Waals surface area contributed by atoms with Crippen molar-refractivity contribution in [1.29, 1.82) is 0 Å². The summed E-state index contributed by atoms with van der Waals surface area (Å²) >= 11 is 0. The molecule has 1 N–H and O–H groups in total. The van der Waals surface area contributed by atoms with Gasteiger partial charge in [0.2, 0.25) is 0 Å². The summed E-state index contributed by atoms with van der Waals surface area (Å²) in [5.41, 5.74) is 1.24. The molecule has 2 nitrogen and oxygen atoms in total. The fourth-order valence-electron chi connectivity index (χ4n) is 3.86. The van der Waals surface area contributed by atoms with Crippen LogP contribution in [0.4, 0.5) is 4.39 Å². The molecule has 3 heterocycles. The lowest BCUT2D eigenvalue weighted by Crippen LogP contribution is -2.56. The minimum atomic E-state index is -0.143. The fourth-order valence-corrected chi connectivity index (χ4v) is 3.86. The number of hydrogen-bond donors (Lipinski definition) is 1. The Bertz CT molecular complexity index is 437. The van der Waals surface area contributed by atoms with Crippen molar-refractivity contribution in [1.82, 2.24) is 10.2 Å². The predicted octanol–water partition coefficient (Wildman–Crippen LogP) is 3.74. The first-order valence-corrected chi connectivity index (χ1v) is 8.50. The second-order valence-electron chi connectivity index (χ2n) is 6.66. The van der Waals surface area contributed by atoms with Gasteiger partial charge in [-0.15, -0.1) is 0 Å². The maximum absolute atomic E-state index is 13.2. The van der Waals surface area contributed by atoms with Crippen molar-refractivity contribution in [3.05, 3.63) is 35.6 Å². The number of piperidine rings is 3. The highest BCUT2D eigenvalue weighted by Crippen LogP contribution is 2.30. The number of halogens is 1. The molecular formula is C18H27FN2. The number of fused-ring (bicyclic) bond motifs is 3. The van der Waals surface area contributed by atoms with Crippen molar-refractivity contribution in [3.8, 4) is 0 Å². The van der Waals surface area contributed by atoms with E-state index in [1.807, 2.05) is 12.1 Å². The SMILES string of the molecule is CCCCC(NC1CN2CCC1CC2)c1ccc(F)cc1. The second-order valence-corrected chi connectivity index (χ2v) is 6.66. The van der Waals surface area contributed by atoms with E-state index >= 15 is 0 Å². The molecule has 116 valence electrons. The lowest BCUT2D eigenvalue weighted by atomic mass is 9.83. The molecule has 4 rings (SSSR count). The van der Waals surface area contributed by atoms with Crippen LogP contribution in [0.3, 0.4) is 0 Å². The molecule has 3 fully saturated rings. The third kappa shape index (κ3) is 3.64. The highest BCUT2D eigenvalue weighted by Gasteiger charge is 2.35. The van der Waals surface area contributed by atoms with Gasteiger partial charge in [0.15, 0.2) is 0 Å². The minimum absolute atomic E-state index is 0.143. The lowest BCUT2D eigenvalue weighted by molar-refractivity contribution is 0.0661. The van der Waals surface area contributed by atoms with Gasteiger partial charge in [-0.3, -0.25) is 0 Å². The maximum Gasteiger partial charge on any atom is 0.123 e. The van der Waals surface area contributed by atoms with E-state index in [4.69, 9.17) is 0 Å². The first-order valence-electron chi connectivity index (χ1n) is 8.50. The van der Waals surface area contributed by atoms with Crippen LogP contribution < -0.4 is 5.32 Å². The molecule has 0 saturated carbocycles. The number of benzene rings is 1. The molecule has 2 atom stereocenters. The molecule has 3 aliphatic rings. The van der Waals surface area contributed by atoms with E-state index in [2.05, 4.69) is 17.1 Å². The van der Waals surface area contributed by atoms with E-state index in [0.717, 1.165) is 12.3 Å². The van der Waals surface area contributed by atoms with Crippen molar-refractivity contribution < 1.29 is 4.39 Å². The molecule has 0 radical (unpaired) electrons. The first kappa shape index (κ1) is 15.0. The number of rotatable bonds is 6. The summed E-state index contributed by atoms with van der Waals surface area (Å²) in [6.07, 6.45) is 6.24. The Morgan fingerprint density at radius 3 is 2.52 bits per heavy atom. The van der Waals surface area contributed by atoms with Gasteiger partial charge in [-0.2, -0.15) is 0 Å². The van der Waals surface area contributed by atoms with Crippen molar-refractivity contribution in [2.45, 2.75) is 51.1 Å². The van der Waals surface area contributed by atoms with Gasteiger partial charge in [0.1, 0.15) is 5.82 Å². The van der Waals surface area contributed by atoms with E-state index in [1.165, 1.54) is 50.9 Å². The van der Waals surface area contributed by atoms with E-state index in [1.54, 1.807) is 12.1 Å². The Kier molecular flexibility index (Phi) is 4.91. The topological polar surface area (TPSA) is 15.3 Å². The molecule has 0 aromatic heterocycles. The second kappa shape index (κ2) is 6.89. The van der Waals surface area contributed by atoms with Crippen molar-refractivity contribution in [2.24, 2.45) is 5.92 Å². The number of hydrogen-bond acceptors (Lipinski definition) is 2. The largest absolute Gasteiger partial charge is 0.306 e. The molecule has 0 spiro atoms. The Labute approximate surface area is 127 Å². The van der Waals surface area contributed by atoms with E-state index in [0.29, 0.717) is 12.1 Å². The molecule has 2 bridgehead atoms. The average Bonchev–Trinajstić information content (AvgIpc) is 2.53. The molecule has 3 saturated heterocycles. The normalized spacial score (nSPS) is 29.5. The number of nitrogens with one attached hydrogen (secondary N) is 1. The van der Waals surface area contributed by atoms with Crippen molar-refractivity contribution in [2.75, 3.05) is 19.6 Å². The molecule has 2 unspecified atom stereocenters. The van der Waals surface area contributed by atoms with Gasteiger partial charge in [-0.05, 0) is 56.0 Å². The Morgan fingerprint density at radius 2 is 1.95 bits per heavy atom. The van der Waals surface area contributed by atoms with Gasteiger partial charge >= 0.3 is 0 Å². The fraction of sp³-hybridized carbons (Fsp3) is 0.667. The minimum Gasteiger partial charge on any atom is -0.306 e. The van der Waals surface area contributed by atoms with E-state index in [9.17, 15) is 4.39 Å². The molecule has 0 aliphatic carbocycles. The van der Waals surface area contributed by atoms with Crippen LogP contribution in [0.15, 0.2) is 24.3 Å². The molecule has 1 aromatic carbocycles. The lowest BCUT2D eigenvalue weighted by Gasteiger charge is -2.46. The third-order valence-corrected chi connectivity index (χ3v) is 5.19. The molecular weight excluding hydrogens is 263 g/mol. The molecule has 3 aliphatic heterocycles. The van der Waals surface area contributed by atoms with Crippen LogP contribution in [0.5, 0.6) is 0 Å². The van der Waals surface area contributed by atoms with Gasteiger partial charge in [-0.1, -0.05) is 31.9 Å². The predicted molar refractivity (Wildman–Crippen MR) is 84.8 cm³/mol. The van der Waals surface area contributed by atoms with Crippen molar-refractivity contribution in [3.63, 3.8) is 0 Å². The number of unbranched alkanes of at least 4 members (excludes halogenated alkanes) is 1. The summed E-state index contributed by atoms with van der Waals surface area (Å²) in [7, 11) is 0. The Balaban J connectivity index is 1.68. The van der Waals surface area contributed by atoms with E-state index in [-0.39, 0.29) is 5.82 Å². The van der Waals surface area contributed by atoms with Crippen LogP contribution in [0.2, 0.25) is 0 Å². The summed E-state index contributed by atoms with van der Waals surface area (Å²) in [6, 6.07) is 8.06. The molecule has 1 aromatic rings. The highest BCUT2D eigenvalue weighted by molar-refractivity contribution is 5.20.